The fourth-order valence-corrected chi connectivity index (χ4v) is 1.81. The van der Waals surface area contributed by atoms with Crippen molar-refractivity contribution < 1.29 is 4.79 Å². The van der Waals surface area contributed by atoms with Gasteiger partial charge in [0.15, 0.2) is 0 Å². The first kappa shape index (κ1) is 16.4. The highest BCUT2D eigenvalue weighted by atomic mass is 79.9. The van der Waals surface area contributed by atoms with Gasteiger partial charge in [-0.1, -0.05) is 28.1 Å². The maximum atomic E-state index is 11.4. The number of benzene rings is 1. The minimum atomic E-state index is 0. The predicted octanol–water partition coefficient (Wildman–Crippen LogP) is 2.14. The summed E-state index contributed by atoms with van der Waals surface area (Å²) >= 11 is 3.41. The third-order valence-electron chi connectivity index (χ3n) is 2.23. The summed E-state index contributed by atoms with van der Waals surface area (Å²) in [7, 11) is 1.87. The molecule has 96 valence electrons. The van der Waals surface area contributed by atoms with E-state index in [4.69, 9.17) is 0 Å². The van der Waals surface area contributed by atoms with Crippen molar-refractivity contribution in [2.24, 2.45) is 0 Å². The van der Waals surface area contributed by atoms with Gasteiger partial charge in [-0.05, 0) is 31.2 Å². The molecule has 0 aromatic heterocycles. The van der Waals surface area contributed by atoms with Crippen LogP contribution in [-0.2, 0) is 11.2 Å². The smallest absolute Gasteiger partial charge is 0.220 e. The van der Waals surface area contributed by atoms with Crippen molar-refractivity contribution in [1.29, 1.82) is 0 Å². The molecule has 1 amide bonds. The van der Waals surface area contributed by atoms with Gasteiger partial charge in [-0.2, -0.15) is 0 Å². The molecule has 0 unspecified atom stereocenters. The van der Waals surface area contributed by atoms with E-state index < -0.39 is 0 Å². The van der Waals surface area contributed by atoms with Crippen molar-refractivity contribution >= 4 is 34.2 Å². The van der Waals surface area contributed by atoms with Crippen LogP contribution in [0, 0.1) is 0 Å². The van der Waals surface area contributed by atoms with E-state index in [1.54, 1.807) is 0 Å². The Kier molecular flexibility index (Phi) is 9.13. The molecule has 0 spiro atoms. The topological polar surface area (TPSA) is 41.1 Å². The van der Waals surface area contributed by atoms with Crippen molar-refractivity contribution in [3.8, 4) is 0 Å². The third kappa shape index (κ3) is 7.36. The molecule has 0 aliphatic carbocycles. The van der Waals surface area contributed by atoms with Gasteiger partial charge in [0.1, 0.15) is 0 Å². The summed E-state index contributed by atoms with van der Waals surface area (Å²) in [6, 6.07) is 8.04. The van der Waals surface area contributed by atoms with Crippen molar-refractivity contribution in [3.63, 3.8) is 0 Å². The highest BCUT2D eigenvalue weighted by molar-refractivity contribution is 9.10. The lowest BCUT2D eigenvalue weighted by molar-refractivity contribution is -0.121. The number of halogens is 2. The first-order valence-corrected chi connectivity index (χ1v) is 6.17. The second-order valence-corrected chi connectivity index (χ2v) is 4.50. The third-order valence-corrected chi connectivity index (χ3v) is 2.72. The van der Waals surface area contributed by atoms with E-state index in [-0.39, 0.29) is 18.3 Å². The maximum absolute atomic E-state index is 11.4. The number of nitrogens with one attached hydrogen (secondary N) is 2. The number of carbonyl (C=O) groups excluding carboxylic acids is 1. The van der Waals surface area contributed by atoms with Crippen LogP contribution in [0.25, 0.3) is 0 Å². The minimum absolute atomic E-state index is 0. The quantitative estimate of drug-likeness (QED) is 0.788. The van der Waals surface area contributed by atoms with Crippen LogP contribution in [0.3, 0.4) is 0 Å². The molecule has 2 N–H and O–H groups in total. The molecule has 0 bridgehead atoms. The molecule has 0 saturated heterocycles. The molecule has 0 fully saturated rings. The molecular formula is C12H18BrClN2O. The van der Waals surface area contributed by atoms with Gasteiger partial charge in [0.05, 0.1) is 0 Å². The zero-order chi connectivity index (χ0) is 11.8. The monoisotopic (exact) mass is 320 g/mol. The second-order valence-electron chi connectivity index (χ2n) is 3.58. The van der Waals surface area contributed by atoms with Gasteiger partial charge in [0.25, 0.3) is 0 Å². The minimum Gasteiger partial charge on any atom is -0.355 e. The van der Waals surface area contributed by atoms with E-state index in [1.165, 1.54) is 5.56 Å². The Hall–Kier alpha value is -0.580. The summed E-state index contributed by atoms with van der Waals surface area (Å²) in [6.45, 7) is 1.50. The summed E-state index contributed by atoms with van der Waals surface area (Å²) in [5.41, 5.74) is 1.18. The lowest BCUT2D eigenvalue weighted by Crippen LogP contribution is -2.30. The van der Waals surface area contributed by atoms with Crippen LogP contribution in [0.4, 0.5) is 0 Å². The molecule has 0 aliphatic rings. The molecule has 0 radical (unpaired) electrons. The van der Waals surface area contributed by atoms with Crippen molar-refractivity contribution in [1.82, 2.24) is 10.6 Å². The van der Waals surface area contributed by atoms with Crippen LogP contribution < -0.4 is 10.6 Å². The van der Waals surface area contributed by atoms with Gasteiger partial charge >= 0.3 is 0 Å². The number of likely N-dealkylation sites (N-methyl/N-ethyl adjacent to an activating group) is 1. The van der Waals surface area contributed by atoms with Gasteiger partial charge < -0.3 is 10.6 Å². The SMILES string of the molecule is CNCCNC(=O)CCc1cccc(Br)c1.Cl. The number of carbonyl (C=O) groups is 1. The molecule has 5 heteroatoms. The fourth-order valence-electron chi connectivity index (χ4n) is 1.37. The predicted molar refractivity (Wildman–Crippen MR) is 76.6 cm³/mol. The Labute approximate surface area is 117 Å². The lowest BCUT2D eigenvalue weighted by atomic mass is 10.1. The molecule has 1 aromatic carbocycles. The van der Waals surface area contributed by atoms with Crippen LogP contribution in [0.1, 0.15) is 12.0 Å². The van der Waals surface area contributed by atoms with Gasteiger partial charge in [0.2, 0.25) is 5.91 Å². The van der Waals surface area contributed by atoms with Crippen LogP contribution in [0.5, 0.6) is 0 Å². The Bertz CT molecular complexity index is 347. The summed E-state index contributed by atoms with van der Waals surface area (Å²) in [6.07, 6.45) is 1.32. The molecule has 17 heavy (non-hydrogen) atoms. The number of aryl methyl sites for hydroxylation is 1. The van der Waals surface area contributed by atoms with Crippen LogP contribution in [0.15, 0.2) is 28.7 Å². The zero-order valence-electron chi connectivity index (χ0n) is 9.83. The standard InChI is InChI=1S/C12H17BrN2O.ClH/c1-14-7-8-15-12(16)6-5-10-3-2-4-11(13)9-10;/h2-4,9,14H,5-8H2,1H3,(H,15,16);1H. The summed E-state index contributed by atoms with van der Waals surface area (Å²) < 4.78 is 1.06. The van der Waals surface area contributed by atoms with Gasteiger partial charge in [-0.3, -0.25) is 4.79 Å². The van der Waals surface area contributed by atoms with Gasteiger partial charge in [-0.25, -0.2) is 0 Å². The fraction of sp³-hybridized carbons (Fsp3) is 0.417. The van der Waals surface area contributed by atoms with E-state index in [9.17, 15) is 4.79 Å². The number of hydrogen-bond acceptors (Lipinski definition) is 2. The average molecular weight is 322 g/mol. The highest BCUT2D eigenvalue weighted by Crippen LogP contribution is 2.12. The molecule has 0 saturated carbocycles. The highest BCUT2D eigenvalue weighted by Gasteiger charge is 2.01. The Morgan fingerprint density at radius 1 is 1.35 bits per heavy atom. The number of hydrogen-bond donors (Lipinski definition) is 2. The van der Waals surface area contributed by atoms with Gasteiger partial charge in [0, 0.05) is 24.0 Å². The van der Waals surface area contributed by atoms with Crippen molar-refractivity contribution in [2.75, 3.05) is 20.1 Å². The summed E-state index contributed by atoms with van der Waals surface area (Å²) in [4.78, 5) is 11.4. The van der Waals surface area contributed by atoms with E-state index in [0.717, 1.165) is 17.4 Å². The van der Waals surface area contributed by atoms with Crippen LogP contribution in [0.2, 0.25) is 0 Å². The largest absolute Gasteiger partial charge is 0.355 e. The molecule has 3 nitrogen and oxygen atoms in total. The molecule has 0 heterocycles. The molecule has 0 atom stereocenters. The molecule has 1 aromatic rings. The zero-order valence-corrected chi connectivity index (χ0v) is 12.2. The van der Waals surface area contributed by atoms with Crippen molar-refractivity contribution in [2.45, 2.75) is 12.8 Å². The Morgan fingerprint density at radius 3 is 2.76 bits per heavy atom. The van der Waals surface area contributed by atoms with Gasteiger partial charge in [-0.15, -0.1) is 12.4 Å². The van der Waals surface area contributed by atoms with Crippen LogP contribution >= 0.6 is 28.3 Å². The van der Waals surface area contributed by atoms with Crippen molar-refractivity contribution in [3.05, 3.63) is 34.3 Å². The second kappa shape index (κ2) is 9.45. The van der Waals surface area contributed by atoms with E-state index >= 15 is 0 Å². The maximum Gasteiger partial charge on any atom is 0.220 e. The number of rotatable bonds is 6. The average Bonchev–Trinajstić information content (AvgIpc) is 2.27. The number of amides is 1. The Morgan fingerprint density at radius 2 is 2.12 bits per heavy atom. The molecule has 0 aliphatic heterocycles. The van der Waals surface area contributed by atoms with E-state index in [1.807, 2.05) is 31.3 Å². The molecular weight excluding hydrogens is 304 g/mol. The van der Waals surface area contributed by atoms with E-state index in [2.05, 4.69) is 26.6 Å². The Balaban J connectivity index is 0.00000256. The van der Waals surface area contributed by atoms with E-state index in [0.29, 0.717) is 13.0 Å². The molecule has 1 rings (SSSR count). The first-order chi connectivity index (χ1) is 7.72. The first-order valence-electron chi connectivity index (χ1n) is 5.38. The normalized spacial score (nSPS) is 9.53. The van der Waals surface area contributed by atoms with Crippen LogP contribution in [-0.4, -0.2) is 26.0 Å². The lowest BCUT2D eigenvalue weighted by Gasteiger charge is -2.05. The summed E-state index contributed by atoms with van der Waals surface area (Å²) in [5, 5.41) is 5.84. The summed E-state index contributed by atoms with van der Waals surface area (Å²) in [5.74, 6) is 0.107.